The summed E-state index contributed by atoms with van der Waals surface area (Å²) >= 11 is 0. The Kier molecular flexibility index (Phi) is 2.23. The molecule has 0 saturated carbocycles. The van der Waals surface area contributed by atoms with Gasteiger partial charge in [-0.1, -0.05) is 0 Å². The van der Waals surface area contributed by atoms with E-state index in [-0.39, 0.29) is 6.42 Å². The zero-order valence-corrected chi connectivity index (χ0v) is 6.44. The first-order chi connectivity index (χ1) is 5.08. The maximum atomic E-state index is 11.9. The lowest BCUT2D eigenvalue weighted by Crippen LogP contribution is -2.02. The van der Waals surface area contributed by atoms with Gasteiger partial charge in [-0.25, -0.2) is 0 Å². The molecule has 0 spiro atoms. The fourth-order valence-electron chi connectivity index (χ4n) is 0.656. The number of aromatic nitrogens is 2. The monoisotopic (exact) mass is 178 g/mol. The number of rotatable bonds is 3. The van der Waals surface area contributed by atoms with Gasteiger partial charge in [-0.2, -0.15) is 13.5 Å². The summed E-state index contributed by atoms with van der Waals surface area (Å²) in [4.78, 5) is 0. The van der Waals surface area contributed by atoms with Crippen LogP contribution in [0.4, 0.5) is 3.89 Å². The summed E-state index contributed by atoms with van der Waals surface area (Å²) in [5.41, 5.74) is 0.617. The topological polar surface area (TPSA) is 62.8 Å². The van der Waals surface area contributed by atoms with Crippen LogP contribution in [0.15, 0.2) is 12.3 Å². The lowest BCUT2D eigenvalue weighted by Gasteiger charge is -1.90. The first-order valence-electron chi connectivity index (χ1n) is 2.98. The van der Waals surface area contributed by atoms with Crippen LogP contribution in [-0.4, -0.2) is 24.4 Å². The second-order valence-electron chi connectivity index (χ2n) is 2.07. The zero-order chi connectivity index (χ0) is 8.32. The van der Waals surface area contributed by atoms with Crippen LogP contribution in [0.3, 0.4) is 0 Å². The SMILES string of the molecule is O=S(=O)(F)CCc1ccn[nH]1. The van der Waals surface area contributed by atoms with Crippen molar-refractivity contribution in [2.45, 2.75) is 6.42 Å². The summed E-state index contributed by atoms with van der Waals surface area (Å²) in [6.07, 6.45) is 1.62. The second-order valence-corrected chi connectivity index (χ2v) is 3.56. The second kappa shape index (κ2) is 3.00. The minimum atomic E-state index is -4.35. The van der Waals surface area contributed by atoms with Gasteiger partial charge in [0.1, 0.15) is 0 Å². The third-order valence-electron chi connectivity index (χ3n) is 1.17. The highest BCUT2D eigenvalue weighted by atomic mass is 32.3. The molecule has 0 aliphatic rings. The molecule has 0 aromatic carbocycles. The molecular formula is C5H7FN2O2S. The van der Waals surface area contributed by atoms with Gasteiger partial charge in [0.25, 0.3) is 0 Å². The van der Waals surface area contributed by atoms with Crippen LogP contribution >= 0.6 is 0 Å². The van der Waals surface area contributed by atoms with Crippen molar-refractivity contribution < 1.29 is 12.3 Å². The number of hydrogen-bond acceptors (Lipinski definition) is 3. The Bertz CT molecular complexity index is 305. The van der Waals surface area contributed by atoms with Gasteiger partial charge in [-0.15, -0.1) is 3.89 Å². The maximum absolute atomic E-state index is 11.9. The Hall–Kier alpha value is -0.910. The highest BCUT2D eigenvalue weighted by Crippen LogP contribution is 1.98. The van der Waals surface area contributed by atoms with Crippen molar-refractivity contribution in [2.75, 3.05) is 5.75 Å². The van der Waals surface area contributed by atoms with Gasteiger partial charge in [0.15, 0.2) is 0 Å². The lowest BCUT2D eigenvalue weighted by molar-refractivity contribution is 0.551. The van der Waals surface area contributed by atoms with E-state index in [0.717, 1.165) is 0 Å². The van der Waals surface area contributed by atoms with Gasteiger partial charge in [0.05, 0.1) is 5.75 Å². The van der Waals surface area contributed by atoms with Gasteiger partial charge in [-0.05, 0) is 6.07 Å². The zero-order valence-electron chi connectivity index (χ0n) is 5.62. The summed E-state index contributed by atoms with van der Waals surface area (Å²) < 4.78 is 32.0. The van der Waals surface area contributed by atoms with Crippen LogP contribution in [0.2, 0.25) is 0 Å². The van der Waals surface area contributed by atoms with Crippen LogP contribution in [0, 0.1) is 0 Å². The van der Waals surface area contributed by atoms with E-state index in [2.05, 4.69) is 10.2 Å². The standard InChI is InChI=1S/C5H7FN2O2S/c6-11(9,10)4-2-5-1-3-7-8-5/h1,3H,2,4H2,(H,7,8). The van der Waals surface area contributed by atoms with Gasteiger partial charge in [0.2, 0.25) is 0 Å². The molecule has 0 saturated heterocycles. The van der Waals surface area contributed by atoms with Crippen LogP contribution in [0.1, 0.15) is 5.69 Å². The van der Waals surface area contributed by atoms with Crippen molar-refractivity contribution in [3.05, 3.63) is 18.0 Å². The fourth-order valence-corrected chi connectivity index (χ4v) is 1.12. The molecule has 0 radical (unpaired) electrons. The molecule has 1 aromatic rings. The van der Waals surface area contributed by atoms with Crippen molar-refractivity contribution in [2.24, 2.45) is 0 Å². The molecule has 62 valence electrons. The van der Waals surface area contributed by atoms with E-state index >= 15 is 0 Å². The summed E-state index contributed by atoms with van der Waals surface area (Å²) in [6.45, 7) is 0. The number of H-pyrrole nitrogens is 1. The number of halogens is 1. The molecule has 6 heteroatoms. The van der Waals surface area contributed by atoms with Gasteiger partial charge >= 0.3 is 10.2 Å². The molecule has 1 N–H and O–H groups in total. The Balaban J connectivity index is 2.48. The first-order valence-corrected chi connectivity index (χ1v) is 4.54. The summed E-state index contributed by atoms with van der Waals surface area (Å²) in [7, 11) is -4.35. The summed E-state index contributed by atoms with van der Waals surface area (Å²) in [6, 6.07) is 1.60. The fraction of sp³-hybridized carbons (Fsp3) is 0.400. The van der Waals surface area contributed by atoms with Crippen LogP contribution in [0.25, 0.3) is 0 Å². The molecule has 0 bridgehead atoms. The maximum Gasteiger partial charge on any atom is 0.302 e. The highest BCUT2D eigenvalue weighted by molar-refractivity contribution is 7.86. The Labute approximate surface area is 63.6 Å². The Morgan fingerprint density at radius 1 is 1.64 bits per heavy atom. The molecule has 4 nitrogen and oxygen atoms in total. The van der Waals surface area contributed by atoms with Gasteiger partial charge in [-0.3, -0.25) is 5.10 Å². The third-order valence-corrected chi connectivity index (χ3v) is 1.87. The molecule has 0 fully saturated rings. The van der Waals surface area contributed by atoms with E-state index < -0.39 is 16.0 Å². The molecule has 0 atom stereocenters. The number of aryl methyl sites for hydroxylation is 1. The van der Waals surface area contributed by atoms with E-state index in [1.165, 1.54) is 6.20 Å². The Morgan fingerprint density at radius 2 is 2.36 bits per heavy atom. The molecule has 11 heavy (non-hydrogen) atoms. The van der Waals surface area contributed by atoms with Crippen molar-refractivity contribution in [3.8, 4) is 0 Å². The van der Waals surface area contributed by atoms with Crippen molar-refractivity contribution in [1.82, 2.24) is 10.2 Å². The van der Waals surface area contributed by atoms with Crippen molar-refractivity contribution in [1.29, 1.82) is 0 Å². The van der Waals surface area contributed by atoms with E-state index in [1.54, 1.807) is 6.07 Å². The average Bonchev–Trinajstić information content (AvgIpc) is 2.32. The minimum absolute atomic E-state index is 0.138. The van der Waals surface area contributed by atoms with E-state index in [9.17, 15) is 12.3 Å². The van der Waals surface area contributed by atoms with E-state index in [0.29, 0.717) is 5.69 Å². The predicted molar refractivity (Wildman–Crippen MR) is 37.2 cm³/mol. The van der Waals surface area contributed by atoms with Crippen molar-refractivity contribution in [3.63, 3.8) is 0 Å². The number of nitrogens with one attached hydrogen (secondary N) is 1. The normalized spacial score (nSPS) is 11.7. The number of aromatic amines is 1. The molecule has 0 amide bonds. The van der Waals surface area contributed by atoms with Gasteiger partial charge in [0, 0.05) is 18.3 Å². The minimum Gasteiger partial charge on any atom is -0.283 e. The molecular weight excluding hydrogens is 171 g/mol. The van der Waals surface area contributed by atoms with E-state index in [1.807, 2.05) is 0 Å². The smallest absolute Gasteiger partial charge is 0.283 e. The Morgan fingerprint density at radius 3 is 2.82 bits per heavy atom. The molecule has 1 heterocycles. The molecule has 0 unspecified atom stereocenters. The average molecular weight is 178 g/mol. The highest BCUT2D eigenvalue weighted by Gasteiger charge is 2.07. The molecule has 1 rings (SSSR count). The van der Waals surface area contributed by atoms with Crippen LogP contribution in [0.5, 0.6) is 0 Å². The van der Waals surface area contributed by atoms with E-state index in [4.69, 9.17) is 0 Å². The predicted octanol–water partition coefficient (Wildman–Crippen LogP) is 0.252. The van der Waals surface area contributed by atoms with Gasteiger partial charge < -0.3 is 0 Å². The van der Waals surface area contributed by atoms with Crippen molar-refractivity contribution >= 4 is 10.2 Å². The lowest BCUT2D eigenvalue weighted by atomic mass is 10.3. The molecule has 0 aliphatic heterocycles. The quantitative estimate of drug-likeness (QED) is 0.675. The third kappa shape index (κ3) is 3.13. The largest absolute Gasteiger partial charge is 0.302 e. The molecule has 0 aliphatic carbocycles. The summed E-state index contributed by atoms with van der Waals surface area (Å²) in [5, 5.41) is 6.11. The number of hydrogen-bond donors (Lipinski definition) is 1. The number of nitrogens with zero attached hydrogens (tertiary/aromatic N) is 1. The van der Waals surface area contributed by atoms with Crippen LogP contribution in [-0.2, 0) is 16.6 Å². The molecule has 1 aromatic heterocycles. The van der Waals surface area contributed by atoms with Crippen LogP contribution < -0.4 is 0 Å². The first kappa shape index (κ1) is 8.19. The summed E-state index contributed by atoms with van der Waals surface area (Å²) in [5.74, 6) is -0.491.